The van der Waals surface area contributed by atoms with Crippen molar-refractivity contribution in [1.82, 2.24) is 10.3 Å². The van der Waals surface area contributed by atoms with Gasteiger partial charge in [-0.15, -0.1) is 11.8 Å². The molecule has 0 saturated heterocycles. The minimum Gasteiger partial charge on any atom is -0.319 e. The van der Waals surface area contributed by atoms with Crippen LogP contribution in [0, 0.1) is 5.92 Å². The number of Topliss-reactive ketones (excluding diaryl/α,β-unsaturated/α-hetero) is 2. The van der Waals surface area contributed by atoms with E-state index in [1.165, 1.54) is 24.3 Å². The van der Waals surface area contributed by atoms with Crippen LogP contribution in [0.25, 0.3) is 0 Å². The molecule has 1 aliphatic carbocycles. The first-order chi connectivity index (χ1) is 10.7. The monoisotopic (exact) mass is 317 g/mol. The van der Waals surface area contributed by atoms with E-state index < -0.39 is 5.92 Å². The average Bonchev–Trinajstić information content (AvgIpc) is 2.55. The van der Waals surface area contributed by atoms with Crippen molar-refractivity contribution in [3.05, 3.63) is 40.7 Å². The molecule has 1 aromatic rings. The molecule has 1 amide bonds. The first-order valence-electron chi connectivity index (χ1n) is 6.67. The summed E-state index contributed by atoms with van der Waals surface area (Å²) in [7, 11) is 0. The molecule has 0 saturated carbocycles. The minimum absolute atomic E-state index is 0.210. The lowest BCUT2D eigenvalue weighted by atomic mass is 9.85. The van der Waals surface area contributed by atoms with Crippen LogP contribution < -0.4 is 5.32 Å². The van der Waals surface area contributed by atoms with Gasteiger partial charge >= 0.3 is 0 Å². The van der Waals surface area contributed by atoms with Crippen molar-refractivity contribution in [3.63, 3.8) is 0 Å². The second-order valence-electron chi connectivity index (χ2n) is 4.58. The van der Waals surface area contributed by atoms with Crippen molar-refractivity contribution < 1.29 is 14.4 Å². The van der Waals surface area contributed by atoms with Crippen molar-refractivity contribution in [1.29, 1.82) is 0 Å². The van der Waals surface area contributed by atoms with Crippen LogP contribution in [0.3, 0.4) is 0 Å². The maximum Gasteiger partial charge on any atom is 0.212 e. The molecule has 6 nitrogen and oxygen atoms in total. The van der Waals surface area contributed by atoms with Crippen LogP contribution in [0.2, 0.25) is 0 Å². The van der Waals surface area contributed by atoms with Crippen LogP contribution in [-0.4, -0.2) is 35.6 Å². The van der Waals surface area contributed by atoms with Crippen LogP contribution in [0.1, 0.15) is 23.2 Å². The molecule has 2 rings (SSSR count). The van der Waals surface area contributed by atoms with E-state index in [0.29, 0.717) is 35.4 Å². The lowest BCUT2D eigenvalue weighted by Gasteiger charge is -2.22. The second-order valence-corrected chi connectivity index (χ2v) is 5.40. The van der Waals surface area contributed by atoms with Crippen molar-refractivity contribution in [2.45, 2.75) is 12.8 Å². The number of allylic oxidation sites excluding steroid dienone is 2. The molecule has 0 fully saturated rings. The summed E-state index contributed by atoms with van der Waals surface area (Å²) in [5.41, 5.74) is 1.04. The van der Waals surface area contributed by atoms with Gasteiger partial charge in [0, 0.05) is 18.0 Å². The predicted molar refractivity (Wildman–Crippen MR) is 84.5 cm³/mol. The van der Waals surface area contributed by atoms with Crippen molar-refractivity contribution in [2.75, 3.05) is 6.26 Å². The molecule has 114 valence electrons. The first-order valence-corrected chi connectivity index (χ1v) is 7.89. The topological polar surface area (TPSA) is 88.5 Å². The molecule has 0 bridgehead atoms. The Kier molecular flexibility index (Phi) is 5.60. The number of nitrogens with zero attached hydrogens (tertiary/aromatic N) is 2. The number of carbonyl (C=O) groups excluding carboxylic acids is 3. The average molecular weight is 317 g/mol. The Hall–Kier alpha value is -2.28. The highest BCUT2D eigenvalue weighted by Crippen LogP contribution is 2.34. The van der Waals surface area contributed by atoms with Crippen LogP contribution in [0.4, 0.5) is 0 Å². The van der Waals surface area contributed by atoms with Gasteiger partial charge in [-0.3, -0.25) is 19.4 Å². The maximum absolute atomic E-state index is 12.5. The zero-order valence-electron chi connectivity index (χ0n) is 12.0. The molecule has 1 N–H and O–H groups in total. The maximum atomic E-state index is 12.5. The Morgan fingerprint density at radius 2 is 2.36 bits per heavy atom. The summed E-state index contributed by atoms with van der Waals surface area (Å²) in [4.78, 5) is 43.7. The highest BCUT2D eigenvalue weighted by molar-refractivity contribution is 8.03. The fraction of sp³-hybridized carbons (Fsp3) is 0.267. The lowest BCUT2D eigenvalue weighted by molar-refractivity contribution is -0.117. The van der Waals surface area contributed by atoms with Gasteiger partial charge in [0.25, 0.3) is 0 Å². The molecule has 7 heteroatoms. The van der Waals surface area contributed by atoms with E-state index in [9.17, 15) is 14.4 Å². The van der Waals surface area contributed by atoms with Crippen molar-refractivity contribution in [3.8, 4) is 0 Å². The number of aromatic nitrogens is 1. The molecule has 0 radical (unpaired) electrons. The molecule has 22 heavy (non-hydrogen) atoms. The van der Waals surface area contributed by atoms with Crippen molar-refractivity contribution >= 4 is 36.1 Å². The van der Waals surface area contributed by atoms with Gasteiger partial charge in [-0.25, -0.2) is 4.99 Å². The normalized spacial score (nSPS) is 18.6. The third kappa shape index (κ3) is 3.48. The van der Waals surface area contributed by atoms with Gasteiger partial charge in [0.2, 0.25) is 6.41 Å². The highest BCUT2D eigenvalue weighted by Gasteiger charge is 2.34. The van der Waals surface area contributed by atoms with E-state index >= 15 is 0 Å². The largest absolute Gasteiger partial charge is 0.319 e. The first kappa shape index (κ1) is 16.1. The molecule has 0 aromatic carbocycles. The number of rotatable bonds is 6. The fourth-order valence-corrected chi connectivity index (χ4v) is 3.01. The quantitative estimate of drug-likeness (QED) is 0.283. The van der Waals surface area contributed by atoms with E-state index in [4.69, 9.17) is 0 Å². The van der Waals surface area contributed by atoms with E-state index in [1.54, 1.807) is 24.6 Å². The summed E-state index contributed by atoms with van der Waals surface area (Å²) in [5, 5.41) is 2.31. The van der Waals surface area contributed by atoms with E-state index in [1.807, 2.05) is 0 Å². The third-order valence-corrected chi connectivity index (χ3v) is 4.15. The number of nitrogens with one attached hydrogen (secondary N) is 1. The third-order valence-electron chi connectivity index (χ3n) is 3.30. The number of carbonyl (C=O) groups is 3. The summed E-state index contributed by atoms with van der Waals surface area (Å²) in [6, 6.07) is 3.33. The van der Waals surface area contributed by atoms with Gasteiger partial charge in [0.1, 0.15) is 0 Å². The SMILES string of the molecule is CSC1=C(N=CNC=O)CCC(C(=O)c2cccnc2)C1=O. The molecule has 1 atom stereocenters. The summed E-state index contributed by atoms with van der Waals surface area (Å²) in [6.45, 7) is 0. The van der Waals surface area contributed by atoms with Crippen LogP contribution in [-0.2, 0) is 9.59 Å². The molecular weight excluding hydrogens is 302 g/mol. The molecule has 0 aliphatic heterocycles. The standard InChI is InChI=1S/C15H15N3O3S/c1-22-15-12(18-8-17-9-19)5-4-11(14(15)21)13(20)10-3-2-6-16-7-10/h2-3,6-9,11H,4-5H2,1H3,(H,17,18,19). The molecule has 1 aromatic heterocycles. The molecule has 1 heterocycles. The Bertz CT molecular complexity index is 641. The van der Waals surface area contributed by atoms with E-state index in [2.05, 4.69) is 15.3 Å². The number of aliphatic imine (C=N–C) groups is 1. The Morgan fingerprint density at radius 3 is 3.00 bits per heavy atom. The van der Waals surface area contributed by atoms with Crippen LogP contribution >= 0.6 is 11.8 Å². The van der Waals surface area contributed by atoms with Gasteiger partial charge < -0.3 is 5.32 Å². The smallest absolute Gasteiger partial charge is 0.212 e. The highest BCUT2D eigenvalue weighted by atomic mass is 32.2. The fourth-order valence-electron chi connectivity index (χ4n) is 2.27. The van der Waals surface area contributed by atoms with Gasteiger partial charge in [0.15, 0.2) is 11.6 Å². The summed E-state index contributed by atoms with van der Waals surface area (Å²) in [5.74, 6) is -1.12. The van der Waals surface area contributed by atoms with Crippen LogP contribution in [0.5, 0.6) is 0 Å². The Morgan fingerprint density at radius 1 is 1.55 bits per heavy atom. The molecule has 0 spiro atoms. The van der Waals surface area contributed by atoms with E-state index in [-0.39, 0.29) is 11.6 Å². The van der Waals surface area contributed by atoms with Crippen LogP contribution in [0.15, 0.2) is 40.1 Å². The summed E-state index contributed by atoms with van der Waals surface area (Å²) >= 11 is 1.27. The lowest BCUT2D eigenvalue weighted by Crippen LogP contribution is -2.29. The minimum atomic E-state index is -0.690. The number of hydrogen-bond acceptors (Lipinski definition) is 6. The van der Waals surface area contributed by atoms with Gasteiger partial charge in [-0.2, -0.15) is 0 Å². The number of amides is 1. The molecule has 1 aliphatic rings. The zero-order valence-corrected chi connectivity index (χ0v) is 12.8. The molecular formula is C15H15N3O3S. The Labute approximate surface area is 132 Å². The zero-order chi connectivity index (χ0) is 15.9. The number of ketones is 2. The number of pyridine rings is 1. The number of hydrogen-bond donors (Lipinski definition) is 1. The Balaban J connectivity index is 2.24. The van der Waals surface area contributed by atoms with Gasteiger partial charge in [-0.1, -0.05) is 0 Å². The molecule has 1 unspecified atom stereocenters. The van der Waals surface area contributed by atoms with Crippen molar-refractivity contribution in [2.24, 2.45) is 10.9 Å². The van der Waals surface area contributed by atoms with Gasteiger partial charge in [0.05, 0.1) is 22.9 Å². The summed E-state index contributed by atoms with van der Waals surface area (Å²) < 4.78 is 0. The van der Waals surface area contributed by atoms with Gasteiger partial charge in [-0.05, 0) is 31.2 Å². The second kappa shape index (κ2) is 7.65. The van der Waals surface area contributed by atoms with E-state index in [0.717, 1.165) is 0 Å². The summed E-state index contributed by atoms with van der Waals surface area (Å²) in [6.07, 6.45) is 7.49. The number of thioether (sulfide) groups is 1. The predicted octanol–water partition coefficient (Wildman–Crippen LogP) is 1.59.